The second-order valence-electron chi connectivity index (χ2n) is 3.37. The molecule has 2 aromatic rings. The number of hydrogen-bond acceptors (Lipinski definition) is 2. The maximum atomic E-state index is 12.9. The van der Waals surface area contributed by atoms with Crippen LogP contribution in [0, 0.1) is 12.7 Å². The Morgan fingerprint density at radius 3 is 2.81 bits per heavy atom. The number of nitrogens with zero attached hydrogens (tertiary/aromatic N) is 1. The molecule has 0 saturated carbocycles. The molecule has 0 aliphatic carbocycles. The van der Waals surface area contributed by atoms with Crippen molar-refractivity contribution in [2.45, 2.75) is 6.92 Å². The Morgan fingerprint density at radius 2 is 2.19 bits per heavy atom. The Bertz CT molecular complexity index is 595. The Hall–Kier alpha value is -1.49. The first-order chi connectivity index (χ1) is 7.58. The molecule has 1 aromatic carbocycles. The molecular weight excluding hydrogens is 275 g/mol. The predicted octanol–water partition coefficient (Wildman–Crippen LogP) is 2.65. The summed E-state index contributed by atoms with van der Waals surface area (Å²) in [5, 5.41) is 0. The van der Waals surface area contributed by atoms with Crippen LogP contribution in [0.4, 0.5) is 4.39 Å². The molecule has 16 heavy (non-hydrogen) atoms. The fraction of sp³-hybridized carbons (Fsp3) is 0.0909. The fourth-order valence-electron chi connectivity index (χ4n) is 1.41. The van der Waals surface area contributed by atoms with Gasteiger partial charge in [-0.1, -0.05) is 0 Å². The lowest BCUT2D eigenvalue weighted by Gasteiger charge is -2.04. The molecule has 1 N–H and O–H groups in total. The zero-order valence-electron chi connectivity index (χ0n) is 8.42. The summed E-state index contributed by atoms with van der Waals surface area (Å²) in [5.74, 6) is 0.131. The first kappa shape index (κ1) is 11.0. The Kier molecular flexibility index (Phi) is 2.87. The van der Waals surface area contributed by atoms with Crippen molar-refractivity contribution in [1.29, 1.82) is 0 Å². The number of hydrogen-bond donors (Lipinski definition) is 1. The molecule has 0 saturated heterocycles. The van der Waals surface area contributed by atoms with E-state index in [0.717, 1.165) is 5.56 Å². The van der Waals surface area contributed by atoms with Gasteiger partial charge in [0.15, 0.2) is 0 Å². The van der Waals surface area contributed by atoms with Crippen molar-refractivity contribution in [3.8, 4) is 11.4 Å². The third kappa shape index (κ3) is 2.04. The number of aryl methyl sites for hydroxylation is 1. The number of halogens is 2. The van der Waals surface area contributed by atoms with Gasteiger partial charge >= 0.3 is 0 Å². The molecule has 0 amide bonds. The molecule has 0 unspecified atom stereocenters. The normalized spacial score (nSPS) is 10.4. The van der Waals surface area contributed by atoms with Crippen molar-refractivity contribution >= 4 is 15.9 Å². The van der Waals surface area contributed by atoms with E-state index in [2.05, 4.69) is 25.9 Å². The van der Waals surface area contributed by atoms with Crippen LogP contribution in [0.2, 0.25) is 0 Å². The molecule has 0 aliphatic heterocycles. The van der Waals surface area contributed by atoms with Gasteiger partial charge in [-0.05, 0) is 46.6 Å². The van der Waals surface area contributed by atoms with E-state index in [1.54, 1.807) is 13.0 Å². The van der Waals surface area contributed by atoms with E-state index < -0.39 is 0 Å². The highest BCUT2D eigenvalue weighted by molar-refractivity contribution is 9.10. The van der Waals surface area contributed by atoms with Crippen LogP contribution in [0.25, 0.3) is 11.4 Å². The number of nitrogens with one attached hydrogen (secondary N) is 1. The number of benzene rings is 1. The van der Waals surface area contributed by atoms with E-state index >= 15 is 0 Å². The van der Waals surface area contributed by atoms with Crippen LogP contribution in [-0.4, -0.2) is 9.97 Å². The lowest BCUT2D eigenvalue weighted by atomic mass is 10.1. The molecule has 0 atom stereocenters. The van der Waals surface area contributed by atoms with Gasteiger partial charge in [0.05, 0.1) is 0 Å². The Morgan fingerprint density at radius 1 is 1.44 bits per heavy atom. The van der Waals surface area contributed by atoms with Crippen molar-refractivity contribution in [3.63, 3.8) is 0 Å². The number of aromatic amines is 1. The van der Waals surface area contributed by atoms with Gasteiger partial charge in [-0.15, -0.1) is 0 Å². The second kappa shape index (κ2) is 4.17. The molecule has 2 rings (SSSR count). The van der Waals surface area contributed by atoms with Crippen LogP contribution in [0.15, 0.2) is 33.7 Å². The van der Waals surface area contributed by atoms with Crippen LogP contribution in [-0.2, 0) is 0 Å². The molecule has 0 spiro atoms. The van der Waals surface area contributed by atoms with Crippen molar-refractivity contribution < 1.29 is 4.39 Å². The van der Waals surface area contributed by atoms with Crippen LogP contribution in [0.5, 0.6) is 0 Å². The number of H-pyrrole nitrogens is 1. The fourth-order valence-corrected chi connectivity index (χ4v) is 1.61. The van der Waals surface area contributed by atoms with Gasteiger partial charge in [-0.3, -0.25) is 4.79 Å². The maximum Gasteiger partial charge on any atom is 0.265 e. The van der Waals surface area contributed by atoms with E-state index in [1.165, 1.54) is 18.3 Å². The summed E-state index contributed by atoms with van der Waals surface area (Å²) in [6.45, 7) is 1.76. The largest absolute Gasteiger partial charge is 0.306 e. The first-order valence-electron chi connectivity index (χ1n) is 4.59. The van der Waals surface area contributed by atoms with Crippen molar-refractivity contribution in [3.05, 3.63) is 50.6 Å². The van der Waals surface area contributed by atoms with E-state index in [1.807, 2.05) is 0 Å². The summed E-state index contributed by atoms with van der Waals surface area (Å²) in [7, 11) is 0. The van der Waals surface area contributed by atoms with Gasteiger partial charge in [0.1, 0.15) is 16.1 Å². The minimum Gasteiger partial charge on any atom is -0.306 e. The standard InChI is InChI=1S/C11H8BrFN2O/c1-6-4-7(13)2-3-8(6)10-14-5-9(12)11(16)15-10/h2-5H,1H3,(H,14,15,16). The summed E-state index contributed by atoms with van der Waals surface area (Å²) in [4.78, 5) is 18.1. The molecule has 82 valence electrons. The minimum absolute atomic E-state index is 0.256. The lowest BCUT2D eigenvalue weighted by molar-refractivity contribution is 0.627. The highest BCUT2D eigenvalue weighted by Crippen LogP contribution is 2.19. The van der Waals surface area contributed by atoms with Gasteiger partial charge in [-0.2, -0.15) is 0 Å². The topological polar surface area (TPSA) is 45.8 Å². The molecule has 1 aromatic heterocycles. The van der Waals surface area contributed by atoms with Crippen LogP contribution >= 0.6 is 15.9 Å². The molecule has 0 radical (unpaired) electrons. The zero-order valence-corrected chi connectivity index (χ0v) is 10.0. The smallest absolute Gasteiger partial charge is 0.265 e. The van der Waals surface area contributed by atoms with Gasteiger partial charge in [0, 0.05) is 11.8 Å². The Labute approximate surface area is 99.5 Å². The molecule has 0 aliphatic rings. The number of rotatable bonds is 1. The Balaban J connectivity index is 2.59. The molecule has 0 bridgehead atoms. The summed E-state index contributed by atoms with van der Waals surface area (Å²) in [6, 6.07) is 4.33. The molecule has 5 heteroatoms. The van der Waals surface area contributed by atoms with Crippen LogP contribution in [0.3, 0.4) is 0 Å². The summed E-state index contributed by atoms with van der Waals surface area (Å²) < 4.78 is 13.3. The van der Waals surface area contributed by atoms with E-state index in [9.17, 15) is 9.18 Å². The lowest BCUT2D eigenvalue weighted by Crippen LogP contribution is -2.09. The van der Waals surface area contributed by atoms with Gasteiger partial charge < -0.3 is 4.98 Å². The van der Waals surface area contributed by atoms with Crippen molar-refractivity contribution in [2.24, 2.45) is 0 Å². The second-order valence-corrected chi connectivity index (χ2v) is 4.22. The van der Waals surface area contributed by atoms with Gasteiger partial charge in [0.25, 0.3) is 5.56 Å². The average Bonchev–Trinajstić information content (AvgIpc) is 2.22. The molecule has 0 fully saturated rings. The van der Waals surface area contributed by atoms with E-state index in [-0.39, 0.29) is 11.4 Å². The SMILES string of the molecule is Cc1cc(F)ccc1-c1ncc(Br)c(=O)[nH]1. The van der Waals surface area contributed by atoms with E-state index in [4.69, 9.17) is 0 Å². The molecule has 3 nitrogen and oxygen atoms in total. The third-order valence-electron chi connectivity index (χ3n) is 2.20. The van der Waals surface area contributed by atoms with E-state index in [0.29, 0.717) is 15.9 Å². The van der Waals surface area contributed by atoms with Crippen LogP contribution in [0.1, 0.15) is 5.56 Å². The maximum absolute atomic E-state index is 12.9. The molecule has 1 heterocycles. The minimum atomic E-state index is -0.305. The monoisotopic (exact) mass is 282 g/mol. The quantitative estimate of drug-likeness (QED) is 0.874. The summed E-state index contributed by atoms with van der Waals surface area (Å²) >= 11 is 3.07. The third-order valence-corrected chi connectivity index (χ3v) is 2.76. The zero-order chi connectivity index (χ0) is 11.7. The van der Waals surface area contributed by atoms with Gasteiger partial charge in [0.2, 0.25) is 0 Å². The summed E-state index contributed by atoms with van der Waals surface area (Å²) in [5.41, 5.74) is 1.19. The van der Waals surface area contributed by atoms with Crippen molar-refractivity contribution in [1.82, 2.24) is 9.97 Å². The highest BCUT2D eigenvalue weighted by Gasteiger charge is 2.06. The first-order valence-corrected chi connectivity index (χ1v) is 5.38. The average molecular weight is 283 g/mol. The van der Waals surface area contributed by atoms with Crippen molar-refractivity contribution in [2.75, 3.05) is 0 Å². The summed E-state index contributed by atoms with van der Waals surface area (Å²) in [6.07, 6.45) is 1.43. The predicted molar refractivity (Wildman–Crippen MR) is 62.7 cm³/mol. The number of aromatic nitrogens is 2. The van der Waals surface area contributed by atoms with Crippen LogP contribution < -0.4 is 5.56 Å². The van der Waals surface area contributed by atoms with Gasteiger partial charge in [-0.25, -0.2) is 9.37 Å². The highest BCUT2D eigenvalue weighted by atomic mass is 79.9. The molecular formula is C11H8BrFN2O.